The van der Waals surface area contributed by atoms with Crippen molar-refractivity contribution in [1.29, 1.82) is 0 Å². The van der Waals surface area contributed by atoms with Crippen molar-refractivity contribution in [3.63, 3.8) is 0 Å². The molecule has 0 saturated heterocycles. The van der Waals surface area contributed by atoms with Crippen molar-refractivity contribution in [2.45, 2.75) is 6.61 Å². The van der Waals surface area contributed by atoms with Crippen molar-refractivity contribution >= 4 is 37.5 Å². The first-order valence-electron chi connectivity index (χ1n) is 5.58. The molecule has 0 fully saturated rings. The minimum Gasteiger partial charge on any atom is -0.390 e. The number of aromatic nitrogens is 3. The Hall–Kier alpha value is -1.24. The van der Waals surface area contributed by atoms with Gasteiger partial charge in [-0.2, -0.15) is 0 Å². The van der Waals surface area contributed by atoms with Crippen LogP contribution in [0.4, 0.5) is 0 Å². The summed E-state index contributed by atoms with van der Waals surface area (Å²) < 4.78 is 3.55. The number of aliphatic hydroxyl groups excluding tert-OH is 1. The van der Waals surface area contributed by atoms with Crippen molar-refractivity contribution in [1.82, 2.24) is 14.4 Å². The van der Waals surface area contributed by atoms with E-state index in [1.807, 2.05) is 28.7 Å². The van der Waals surface area contributed by atoms with E-state index < -0.39 is 0 Å². The summed E-state index contributed by atoms with van der Waals surface area (Å²) >= 11 is 6.73. The highest BCUT2D eigenvalue weighted by Gasteiger charge is 2.13. The number of nitrogens with zero attached hydrogens (tertiary/aromatic N) is 3. The summed E-state index contributed by atoms with van der Waals surface area (Å²) in [6.07, 6.45) is 3.47. The predicted octanol–water partition coefficient (Wildman–Crippen LogP) is 3.41. The third-order valence-corrected chi connectivity index (χ3v) is 3.78. The first-order valence-corrected chi connectivity index (χ1v) is 7.17. The maximum Gasteiger partial charge on any atom is 0.156 e. The summed E-state index contributed by atoms with van der Waals surface area (Å²) in [6.45, 7) is -0.0803. The smallest absolute Gasteiger partial charge is 0.156 e. The summed E-state index contributed by atoms with van der Waals surface area (Å²) in [5.74, 6) is 0. The normalized spacial score (nSPS) is 11.1. The second-order valence-electron chi connectivity index (χ2n) is 4.01. The average Bonchev–Trinajstić information content (AvgIpc) is 2.77. The van der Waals surface area contributed by atoms with Crippen LogP contribution in [-0.4, -0.2) is 19.5 Å². The van der Waals surface area contributed by atoms with Crippen molar-refractivity contribution in [3.8, 4) is 11.3 Å². The Labute approximate surface area is 126 Å². The second kappa shape index (κ2) is 5.03. The lowest BCUT2D eigenvalue weighted by Crippen LogP contribution is -1.95. The zero-order valence-corrected chi connectivity index (χ0v) is 12.9. The Balaban J connectivity index is 2.25. The van der Waals surface area contributed by atoms with E-state index in [9.17, 15) is 5.11 Å². The van der Waals surface area contributed by atoms with E-state index in [-0.39, 0.29) is 6.61 Å². The molecule has 4 nitrogen and oxygen atoms in total. The van der Waals surface area contributed by atoms with Crippen LogP contribution in [0.15, 0.2) is 45.7 Å². The van der Waals surface area contributed by atoms with Crippen LogP contribution in [0.25, 0.3) is 16.9 Å². The molecule has 2 heterocycles. The van der Waals surface area contributed by atoms with Gasteiger partial charge in [0.1, 0.15) is 4.60 Å². The Kier molecular flexibility index (Phi) is 3.38. The van der Waals surface area contributed by atoms with Gasteiger partial charge in [-0.25, -0.2) is 9.97 Å². The highest BCUT2D eigenvalue weighted by Crippen LogP contribution is 2.26. The van der Waals surface area contributed by atoms with Crippen LogP contribution in [0.2, 0.25) is 0 Å². The van der Waals surface area contributed by atoms with Gasteiger partial charge in [-0.1, -0.05) is 28.1 Å². The van der Waals surface area contributed by atoms with Crippen molar-refractivity contribution < 1.29 is 5.11 Å². The fraction of sp³-hybridized carbons (Fsp3) is 0.0769. The van der Waals surface area contributed by atoms with E-state index >= 15 is 0 Å². The second-order valence-corrected chi connectivity index (χ2v) is 5.74. The fourth-order valence-corrected chi connectivity index (χ4v) is 2.54. The standard InChI is InChI=1S/C13H9Br2N3O/c14-9-3-1-8(2-4-9)13-10(7-19)18-6-11(15)16-5-12(18)17-13/h1-6,19H,7H2. The molecule has 0 aliphatic carbocycles. The van der Waals surface area contributed by atoms with Crippen molar-refractivity contribution in [2.75, 3.05) is 0 Å². The molecule has 2 aromatic heterocycles. The van der Waals surface area contributed by atoms with Gasteiger partial charge in [0.15, 0.2) is 5.65 Å². The molecule has 0 amide bonds. The van der Waals surface area contributed by atoms with Gasteiger partial charge in [0, 0.05) is 16.2 Å². The number of fused-ring (bicyclic) bond motifs is 1. The fourth-order valence-electron chi connectivity index (χ4n) is 1.97. The van der Waals surface area contributed by atoms with E-state index in [0.29, 0.717) is 10.3 Å². The summed E-state index contributed by atoms with van der Waals surface area (Å²) in [5.41, 5.74) is 3.20. The van der Waals surface area contributed by atoms with Gasteiger partial charge in [0.05, 0.1) is 24.2 Å². The van der Waals surface area contributed by atoms with E-state index in [4.69, 9.17) is 0 Å². The molecular weight excluding hydrogens is 374 g/mol. The highest BCUT2D eigenvalue weighted by atomic mass is 79.9. The monoisotopic (exact) mass is 381 g/mol. The summed E-state index contributed by atoms with van der Waals surface area (Å²) in [6, 6.07) is 7.84. The molecular formula is C13H9Br2N3O. The molecule has 0 saturated carbocycles. The minimum absolute atomic E-state index is 0.0803. The molecule has 1 aromatic carbocycles. The number of benzene rings is 1. The van der Waals surface area contributed by atoms with Gasteiger partial charge in [0.25, 0.3) is 0 Å². The van der Waals surface area contributed by atoms with Gasteiger partial charge in [-0.3, -0.25) is 4.40 Å². The Morgan fingerprint density at radius 3 is 2.58 bits per heavy atom. The van der Waals surface area contributed by atoms with Crippen molar-refractivity contribution in [3.05, 3.63) is 51.4 Å². The SMILES string of the molecule is OCc1c(-c2ccc(Br)cc2)nc2cnc(Br)cn12. The van der Waals surface area contributed by atoms with Crippen LogP contribution < -0.4 is 0 Å². The lowest BCUT2D eigenvalue weighted by Gasteiger charge is -2.02. The van der Waals surface area contributed by atoms with Gasteiger partial charge >= 0.3 is 0 Å². The number of imidazole rings is 1. The average molecular weight is 383 g/mol. The maximum atomic E-state index is 9.61. The van der Waals surface area contributed by atoms with Crippen LogP contribution in [0.3, 0.4) is 0 Å². The number of hydrogen-bond donors (Lipinski definition) is 1. The van der Waals surface area contributed by atoms with Crippen LogP contribution in [0, 0.1) is 0 Å². The molecule has 3 rings (SSSR count). The van der Waals surface area contributed by atoms with Gasteiger partial charge < -0.3 is 5.11 Å². The van der Waals surface area contributed by atoms with E-state index in [0.717, 1.165) is 21.4 Å². The summed E-state index contributed by atoms with van der Waals surface area (Å²) in [7, 11) is 0. The molecule has 6 heteroatoms. The number of halogens is 2. The quantitative estimate of drug-likeness (QED) is 0.738. The lowest BCUT2D eigenvalue weighted by atomic mass is 10.1. The molecule has 0 atom stereocenters. The first-order chi connectivity index (χ1) is 9.19. The number of aliphatic hydroxyl groups is 1. The Morgan fingerprint density at radius 2 is 1.89 bits per heavy atom. The first kappa shape index (κ1) is 12.8. The third kappa shape index (κ3) is 2.31. The van der Waals surface area contributed by atoms with Gasteiger partial charge in [-0.15, -0.1) is 0 Å². The molecule has 0 aliphatic heterocycles. The minimum atomic E-state index is -0.0803. The maximum absolute atomic E-state index is 9.61. The molecule has 0 bridgehead atoms. The lowest BCUT2D eigenvalue weighted by molar-refractivity contribution is 0.276. The van der Waals surface area contributed by atoms with Crippen LogP contribution >= 0.6 is 31.9 Å². The molecule has 0 aliphatic rings. The van der Waals surface area contributed by atoms with Crippen LogP contribution in [0.5, 0.6) is 0 Å². The van der Waals surface area contributed by atoms with Gasteiger partial charge in [-0.05, 0) is 28.1 Å². The van der Waals surface area contributed by atoms with Crippen LogP contribution in [0.1, 0.15) is 5.69 Å². The number of hydrogen-bond acceptors (Lipinski definition) is 3. The van der Waals surface area contributed by atoms with Crippen LogP contribution in [-0.2, 0) is 6.61 Å². The molecule has 0 radical (unpaired) electrons. The molecule has 1 N–H and O–H groups in total. The molecule has 19 heavy (non-hydrogen) atoms. The molecule has 0 unspecified atom stereocenters. The molecule has 3 aromatic rings. The summed E-state index contributed by atoms with van der Waals surface area (Å²) in [4.78, 5) is 8.68. The summed E-state index contributed by atoms with van der Waals surface area (Å²) in [5, 5.41) is 9.61. The largest absolute Gasteiger partial charge is 0.390 e. The topological polar surface area (TPSA) is 50.4 Å². The highest BCUT2D eigenvalue weighted by molar-refractivity contribution is 9.10. The Bertz CT molecular complexity index is 737. The van der Waals surface area contributed by atoms with Gasteiger partial charge in [0.2, 0.25) is 0 Å². The van der Waals surface area contributed by atoms with Crippen molar-refractivity contribution in [2.24, 2.45) is 0 Å². The van der Waals surface area contributed by atoms with E-state index in [1.165, 1.54) is 0 Å². The Morgan fingerprint density at radius 1 is 1.16 bits per heavy atom. The van der Waals surface area contributed by atoms with E-state index in [2.05, 4.69) is 41.8 Å². The molecule has 0 spiro atoms. The predicted molar refractivity (Wildman–Crippen MR) is 79.7 cm³/mol. The third-order valence-electron chi connectivity index (χ3n) is 2.84. The zero-order chi connectivity index (χ0) is 13.4. The molecule has 96 valence electrons. The zero-order valence-electron chi connectivity index (χ0n) is 9.72. The van der Waals surface area contributed by atoms with E-state index in [1.54, 1.807) is 12.4 Å². The number of rotatable bonds is 2.